The number of fused-ring (bicyclic) bond motifs is 1. The van der Waals surface area contributed by atoms with Gasteiger partial charge in [0.25, 0.3) is 0 Å². The van der Waals surface area contributed by atoms with Crippen molar-refractivity contribution in [2.75, 3.05) is 0 Å². The number of carbonyl (C=O) groups excluding carboxylic acids is 2. The zero-order valence-electron chi connectivity index (χ0n) is 13.0. The minimum Gasteiger partial charge on any atom is -0.444 e. The van der Waals surface area contributed by atoms with Crippen molar-refractivity contribution in [1.82, 2.24) is 10.2 Å². The summed E-state index contributed by atoms with van der Waals surface area (Å²) in [6, 6.07) is -0.439. The van der Waals surface area contributed by atoms with E-state index in [2.05, 4.69) is 11.2 Å². The molecule has 2 fully saturated rings. The van der Waals surface area contributed by atoms with Crippen molar-refractivity contribution in [3.05, 3.63) is 0 Å². The first-order valence-corrected chi connectivity index (χ1v) is 7.59. The highest BCUT2D eigenvalue weighted by Gasteiger charge is 2.41. The van der Waals surface area contributed by atoms with Gasteiger partial charge in [0.05, 0.1) is 6.04 Å². The van der Waals surface area contributed by atoms with Crippen molar-refractivity contribution in [3.63, 3.8) is 0 Å². The van der Waals surface area contributed by atoms with Crippen molar-refractivity contribution >= 4 is 12.0 Å². The van der Waals surface area contributed by atoms with Crippen LogP contribution in [0.25, 0.3) is 0 Å². The molecule has 2 amide bonds. The van der Waals surface area contributed by atoms with Gasteiger partial charge in [-0.15, -0.1) is 6.42 Å². The molecular formula is C16H24N2O3. The highest BCUT2D eigenvalue weighted by Crippen LogP contribution is 2.31. The third kappa shape index (κ3) is 3.69. The summed E-state index contributed by atoms with van der Waals surface area (Å²) in [6.45, 7) is 5.39. The van der Waals surface area contributed by atoms with Crippen LogP contribution in [0.3, 0.4) is 0 Å². The molecule has 0 aromatic rings. The van der Waals surface area contributed by atoms with Gasteiger partial charge in [0.2, 0.25) is 5.91 Å². The Balaban J connectivity index is 2.05. The lowest BCUT2D eigenvalue weighted by molar-refractivity contribution is -0.134. The number of carbonyl (C=O) groups is 2. The summed E-state index contributed by atoms with van der Waals surface area (Å²) in [5, 5.41) is 2.70. The van der Waals surface area contributed by atoms with E-state index in [0.29, 0.717) is 6.42 Å². The van der Waals surface area contributed by atoms with Crippen LogP contribution in [0.1, 0.15) is 52.9 Å². The molecule has 2 aliphatic heterocycles. The molecule has 0 radical (unpaired) electrons. The Hall–Kier alpha value is -1.70. The van der Waals surface area contributed by atoms with Gasteiger partial charge >= 0.3 is 6.09 Å². The Kier molecular flexibility index (Phi) is 4.46. The van der Waals surface area contributed by atoms with E-state index >= 15 is 0 Å². The van der Waals surface area contributed by atoms with Gasteiger partial charge in [0.1, 0.15) is 11.6 Å². The van der Waals surface area contributed by atoms with Crippen LogP contribution in [-0.2, 0) is 9.53 Å². The van der Waals surface area contributed by atoms with Crippen molar-refractivity contribution < 1.29 is 14.3 Å². The van der Waals surface area contributed by atoms with Gasteiger partial charge in [-0.2, -0.15) is 0 Å². The highest BCUT2D eigenvalue weighted by atomic mass is 16.6. The second-order valence-electron chi connectivity index (χ2n) is 6.79. The summed E-state index contributed by atoms with van der Waals surface area (Å²) in [4.78, 5) is 26.3. The molecule has 0 aliphatic carbocycles. The fourth-order valence-electron chi connectivity index (χ4n) is 3.11. The zero-order chi connectivity index (χ0) is 15.6. The summed E-state index contributed by atoms with van der Waals surface area (Å²) in [5.41, 5.74) is -0.574. The molecule has 5 heteroatoms. The Morgan fingerprint density at radius 1 is 1.33 bits per heavy atom. The molecule has 5 nitrogen and oxygen atoms in total. The number of nitrogens with one attached hydrogen (secondary N) is 1. The lowest BCUT2D eigenvalue weighted by Gasteiger charge is -2.29. The van der Waals surface area contributed by atoms with Gasteiger partial charge < -0.3 is 15.0 Å². The molecule has 0 spiro atoms. The summed E-state index contributed by atoms with van der Waals surface area (Å²) < 4.78 is 5.23. The molecule has 2 aliphatic rings. The van der Waals surface area contributed by atoms with E-state index in [1.54, 1.807) is 25.7 Å². The van der Waals surface area contributed by atoms with E-state index < -0.39 is 17.7 Å². The van der Waals surface area contributed by atoms with E-state index in [0.717, 1.165) is 25.7 Å². The van der Waals surface area contributed by atoms with Crippen LogP contribution in [0.2, 0.25) is 0 Å². The summed E-state index contributed by atoms with van der Waals surface area (Å²) in [7, 11) is 0. The number of ether oxygens (including phenoxy) is 1. The highest BCUT2D eigenvalue weighted by molar-refractivity contribution is 5.87. The monoisotopic (exact) mass is 292 g/mol. The molecule has 0 bridgehead atoms. The topological polar surface area (TPSA) is 58.6 Å². The Bertz CT molecular complexity index is 461. The maximum atomic E-state index is 12.7. The molecule has 2 rings (SSSR count). The molecule has 3 atom stereocenters. The van der Waals surface area contributed by atoms with E-state index in [1.807, 2.05) is 0 Å². The van der Waals surface area contributed by atoms with Crippen molar-refractivity contribution in [2.45, 2.75) is 76.6 Å². The van der Waals surface area contributed by atoms with Crippen LogP contribution in [0.4, 0.5) is 4.79 Å². The van der Waals surface area contributed by atoms with Crippen molar-refractivity contribution in [2.24, 2.45) is 0 Å². The molecule has 0 aromatic carbocycles. The van der Waals surface area contributed by atoms with Crippen molar-refractivity contribution in [3.8, 4) is 12.3 Å². The number of amides is 2. The molecule has 116 valence electrons. The largest absolute Gasteiger partial charge is 0.444 e. The van der Waals surface area contributed by atoms with Crippen LogP contribution in [0, 0.1) is 12.3 Å². The summed E-state index contributed by atoms with van der Waals surface area (Å²) in [5.74, 6) is 2.63. The number of terminal acetylenes is 1. The van der Waals surface area contributed by atoms with Gasteiger partial charge in [-0.3, -0.25) is 4.79 Å². The van der Waals surface area contributed by atoms with E-state index in [1.165, 1.54) is 0 Å². The molecule has 0 unspecified atom stereocenters. The lowest BCUT2D eigenvalue weighted by Crippen LogP contribution is -2.51. The van der Waals surface area contributed by atoms with Crippen LogP contribution < -0.4 is 5.32 Å². The minimum atomic E-state index is -0.574. The average Bonchev–Trinajstić information content (AvgIpc) is 2.71. The van der Waals surface area contributed by atoms with Crippen molar-refractivity contribution in [1.29, 1.82) is 0 Å². The first-order chi connectivity index (χ1) is 9.81. The van der Waals surface area contributed by atoms with Crippen LogP contribution in [0.5, 0.6) is 0 Å². The standard InChI is InChI=1S/C16H24N2O3/c1-5-11-9-10-12-7-6-8-13(14(19)18(11)12)17-15(20)21-16(2,3)4/h1,11-13H,6-10H2,2-4H3,(H,17,20)/t11-,12+,13+/m1/s1. The normalized spacial score (nSPS) is 29.3. The summed E-state index contributed by atoms with van der Waals surface area (Å²) >= 11 is 0. The Labute approximate surface area is 126 Å². The first kappa shape index (κ1) is 15.7. The van der Waals surface area contributed by atoms with E-state index in [4.69, 9.17) is 11.2 Å². The third-order valence-corrected chi connectivity index (χ3v) is 3.97. The van der Waals surface area contributed by atoms with Gasteiger partial charge in [0, 0.05) is 6.04 Å². The molecule has 0 saturated carbocycles. The van der Waals surface area contributed by atoms with E-state index in [9.17, 15) is 9.59 Å². The van der Waals surface area contributed by atoms with Crippen LogP contribution in [-0.4, -0.2) is 40.6 Å². The number of alkyl carbamates (subject to hydrolysis) is 1. The zero-order valence-corrected chi connectivity index (χ0v) is 13.0. The molecule has 2 saturated heterocycles. The van der Waals surface area contributed by atoms with Gasteiger partial charge in [-0.1, -0.05) is 5.92 Å². The quantitative estimate of drug-likeness (QED) is 0.753. The second-order valence-corrected chi connectivity index (χ2v) is 6.79. The number of hydrogen-bond donors (Lipinski definition) is 1. The fourth-order valence-corrected chi connectivity index (χ4v) is 3.11. The van der Waals surface area contributed by atoms with Gasteiger partial charge in [-0.05, 0) is 52.9 Å². The molecule has 1 N–H and O–H groups in total. The third-order valence-electron chi connectivity index (χ3n) is 3.97. The number of rotatable bonds is 1. The minimum absolute atomic E-state index is 0.0659. The SMILES string of the molecule is C#C[C@@H]1CC[C@@H]2CCC[C@H](NC(=O)OC(C)(C)C)C(=O)N21. The van der Waals surface area contributed by atoms with Gasteiger partial charge in [0.15, 0.2) is 0 Å². The average molecular weight is 292 g/mol. The smallest absolute Gasteiger partial charge is 0.408 e. The van der Waals surface area contributed by atoms with Crippen LogP contribution >= 0.6 is 0 Å². The maximum absolute atomic E-state index is 12.7. The fraction of sp³-hybridized carbons (Fsp3) is 0.750. The summed E-state index contributed by atoms with van der Waals surface area (Å²) in [6.07, 6.45) is 9.30. The Morgan fingerprint density at radius 3 is 2.67 bits per heavy atom. The Morgan fingerprint density at radius 2 is 2.05 bits per heavy atom. The molecular weight excluding hydrogens is 268 g/mol. The predicted molar refractivity (Wildman–Crippen MR) is 79.5 cm³/mol. The molecule has 2 heterocycles. The predicted octanol–water partition coefficient (Wildman–Crippen LogP) is 2.06. The van der Waals surface area contributed by atoms with Gasteiger partial charge in [-0.25, -0.2) is 4.79 Å². The number of nitrogens with zero attached hydrogens (tertiary/aromatic N) is 1. The molecule has 21 heavy (non-hydrogen) atoms. The maximum Gasteiger partial charge on any atom is 0.408 e. The van der Waals surface area contributed by atoms with Crippen LogP contribution in [0.15, 0.2) is 0 Å². The lowest BCUT2D eigenvalue weighted by atomic mass is 10.1. The second kappa shape index (κ2) is 5.97. The molecule has 0 aromatic heterocycles. The van der Waals surface area contributed by atoms with E-state index in [-0.39, 0.29) is 18.0 Å². The first-order valence-electron chi connectivity index (χ1n) is 7.59. The number of hydrogen-bond acceptors (Lipinski definition) is 3.